The maximum Gasteiger partial charge on any atom is 0.136 e. The van der Waals surface area contributed by atoms with Gasteiger partial charge in [-0.1, -0.05) is 38.1 Å². The molecule has 1 aliphatic rings. The average molecular weight is 250 g/mol. The van der Waals surface area contributed by atoms with Gasteiger partial charge in [0.05, 0.1) is 0 Å². The fourth-order valence-electron chi connectivity index (χ4n) is 2.51. The highest BCUT2D eigenvalue weighted by molar-refractivity contribution is 5.34. The number of benzene rings is 1. The summed E-state index contributed by atoms with van der Waals surface area (Å²) >= 11 is 0. The van der Waals surface area contributed by atoms with E-state index in [1.807, 2.05) is 24.3 Å². The van der Waals surface area contributed by atoms with Crippen molar-refractivity contribution in [2.75, 3.05) is 26.2 Å². The number of hydrogen-bond acceptors (Lipinski definition) is 4. The Kier molecular flexibility index (Phi) is 4.35. The fraction of sp³-hybridized carbons (Fsp3) is 0.571. The number of rotatable bonds is 5. The topological polar surface area (TPSA) is 46.9 Å². The van der Waals surface area contributed by atoms with Crippen LogP contribution < -0.4 is 0 Å². The number of likely N-dealkylation sites (N-methyl/N-ethyl adjacent to an activating group) is 1. The molecule has 0 aromatic heterocycles. The number of aliphatic hydroxyl groups excluding tert-OH is 2. The van der Waals surface area contributed by atoms with E-state index in [1.165, 1.54) is 0 Å². The Morgan fingerprint density at radius 2 is 1.56 bits per heavy atom. The van der Waals surface area contributed by atoms with Crippen LogP contribution in [0.15, 0.2) is 24.3 Å². The van der Waals surface area contributed by atoms with E-state index in [0.29, 0.717) is 6.54 Å². The van der Waals surface area contributed by atoms with Gasteiger partial charge in [-0.15, -0.1) is 0 Å². The van der Waals surface area contributed by atoms with E-state index in [1.54, 1.807) is 4.90 Å². The van der Waals surface area contributed by atoms with Crippen molar-refractivity contribution in [3.8, 4) is 0 Å². The Hall–Kier alpha value is -0.940. The lowest BCUT2D eigenvalue weighted by Gasteiger charge is -2.27. The highest BCUT2D eigenvalue weighted by Crippen LogP contribution is 2.38. The first-order chi connectivity index (χ1) is 8.69. The van der Waals surface area contributed by atoms with E-state index in [-0.39, 0.29) is 0 Å². The van der Waals surface area contributed by atoms with E-state index >= 15 is 0 Å². The normalized spacial score (nSPS) is 23.6. The molecule has 0 aliphatic carbocycles. The van der Waals surface area contributed by atoms with Crippen molar-refractivity contribution in [1.29, 1.82) is 0 Å². The number of hydrogen-bond donors (Lipinski definition) is 2. The molecule has 4 nitrogen and oxygen atoms in total. The molecule has 2 N–H and O–H groups in total. The van der Waals surface area contributed by atoms with Crippen molar-refractivity contribution in [3.63, 3.8) is 0 Å². The van der Waals surface area contributed by atoms with Crippen LogP contribution in [0, 0.1) is 0 Å². The summed E-state index contributed by atoms with van der Waals surface area (Å²) in [6.45, 7) is 7.74. The van der Waals surface area contributed by atoms with Crippen LogP contribution in [-0.2, 0) is 0 Å². The van der Waals surface area contributed by atoms with Crippen molar-refractivity contribution in [3.05, 3.63) is 35.4 Å². The molecule has 0 saturated carbocycles. The highest BCUT2D eigenvalue weighted by Gasteiger charge is 2.35. The molecule has 2 atom stereocenters. The highest BCUT2D eigenvalue weighted by atomic mass is 16.3. The van der Waals surface area contributed by atoms with Crippen molar-refractivity contribution >= 4 is 0 Å². The Bertz CT molecular complexity index is 364. The van der Waals surface area contributed by atoms with Gasteiger partial charge in [-0.05, 0) is 13.1 Å². The minimum atomic E-state index is -0.688. The summed E-state index contributed by atoms with van der Waals surface area (Å²) < 4.78 is 0. The van der Waals surface area contributed by atoms with Crippen LogP contribution in [0.1, 0.15) is 37.4 Å². The Morgan fingerprint density at radius 3 is 2.00 bits per heavy atom. The minimum Gasteiger partial charge on any atom is -0.374 e. The number of fused-ring (bicyclic) bond motifs is 1. The van der Waals surface area contributed by atoms with E-state index in [9.17, 15) is 10.2 Å². The maximum atomic E-state index is 10.2. The third kappa shape index (κ3) is 2.42. The molecule has 100 valence electrons. The molecule has 4 heteroatoms. The fourth-order valence-corrected chi connectivity index (χ4v) is 2.51. The molecule has 1 aliphatic heterocycles. The van der Waals surface area contributed by atoms with Crippen LogP contribution in [0.3, 0.4) is 0 Å². The van der Waals surface area contributed by atoms with Gasteiger partial charge in [-0.25, -0.2) is 4.90 Å². The van der Waals surface area contributed by atoms with Gasteiger partial charge in [-0.3, -0.25) is 0 Å². The van der Waals surface area contributed by atoms with Crippen LogP contribution in [0.25, 0.3) is 0 Å². The van der Waals surface area contributed by atoms with Gasteiger partial charge >= 0.3 is 0 Å². The first-order valence-electron chi connectivity index (χ1n) is 6.62. The molecular formula is C14H22N2O2. The van der Waals surface area contributed by atoms with Crippen molar-refractivity contribution in [1.82, 2.24) is 9.80 Å². The molecule has 1 aromatic carbocycles. The smallest absolute Gasteiger partial charge is 0.136 e. The lowest BCUT2D eigenvalue weighted by atomic mass is 10.1. The van der Waals surface area contributed by atoms with Gasteiger partial charge in [0, 0.05) is 24.2 Å². The largest absolute Gasteiger partial charge is 0.374 e. The maximum absolute atomic E-state index is 10.2. The van der Waals surface area contributed by atoms with E-state index in [2.05, 4.69) is 18.7 Å². The van der Waals surface area contributed by atoms with E-state index < -0.39 is 12.5 Å². The summed E-state index contributed by atoms with van der Waals surface area (Å²) in [7, 11) is 0. The van der Waals surface area contributed by atoms with Crippen LogP contribution in [0.4, 0.5) is 0 Å². The third-order valence-corrected chi connectivity index (χ3v) is 3.75. The molecule has 2 rings (SSSR count). The molecule has 1 aromatic rings. The Labute approximate surface area is 108 Å². The molecule has 0 bridgehead atoms. The van der Waals surface area contributed by atoms with Gasteiger partial charge in [0.15, 0.2) is 0 Å². The number of aliphatic hydroxyl groups is 2. The summed E-state index contributed by atoms with van der Waals surface area (Å²) in [5.41, 5.74) is 1.65. The van der Waals surface area contributed by atoms with E-state index in [4.69, 9.17) is 0 Å². The summed E-state index contributed by atoms with van der Waals surface area (Å²) in [5.74, 6) is 0. The van der Waals surface area contributed by atoms with Gasteiger partial charge in [-0.2, -0.15) is 0 Å². The van der Waals surface area contributed by atoms with Crippen LogP contribution in [0.5, 0.6) is 0 Å². The quantitative estimate of drug-likeness (QED) is 0.827. The first kappa shape index (κ1) is 13.5. The van der Waals surface area contributed by atoms with Gasteiger partial charge < -0.3 is 15.1 Å². The Morgan fingerprint density at radius 1 is 1.06 bits per heavy atom. The monoisotopic (exact) mass is 250 g/mol. The SMILES string of the molecule is CCN(CC)CCN1C(O)c2ccccc2C1O. The lowest BCUT2D eigenvalue weighted by Crippen LogP contribution is -2.36. The minimum absolute atomic E-state index is 0.665. The predicted octanol–water partition coefficient (Wildman–Crippen LogP) is 1.33. The van der Waals surface area contributed by atoms with Crippen LogP contribution in [0.2, 0.25) is 0 Å². The van der Waals surface area contributed by atoms with Gasteiger partial charge in [0.25, 0.3) is 0 Å². The standard InChI is InChI=1S/C14H22N2O2/c1-3-15(4-2)9-10-16-13(17)11-7-5-6-8-12(11)14(16)18/h5-8,13-14,17-18H,3-4,9-10H2,1-2H3. The van der Waals surface area contributed by atoms with Crippen LogP contribution in [-0.4, -0.2) is 46.2 Å². The molecule has 0 saturated heterocycles. The summed E-state index contributed by atoms with van der Waals surface area (Å²) in [4.78, 5) is 4.02. The predicted molar refractivity (Wildman–Crippen MR) is 70.9 cm³/mol. The molecule has 0 spiro atoms. The second-order valence-corrected chi connectivity index (χ2v) is 4.64. The Balaban J connectivity index is 2.04. The summed E-state index contributed by atoms with van der Waals surface area (Å²) in [6.07, 6.45) is -1.38. The molecule has 2 unspecified atom stereocenters. The number of nitrogens with zero attached hydrogens (tertiary/aromatic N) is 2. The van der Waals surface area contributed by atoms with Gasteiger partial charge in [0.2, 0.25) is 0 Å². The average Bonchev–Trinajstić information content (AvgIpc) is 2.65. The molecule has 0 amide bonds. The molecule has 18 heavy (non-hydrogen) atoms. The molecule has 1 heterocycles. The zero-order chi connectivity index (χ0) is 13.1. The molecule has 0 fully saturated rings. The lowest BCUT2D eigenvalue weighted by molar-refractivity contribution is -0.0868. The molecular weight excluding hydrogens is 228 g/mol. The van der Waals surface area contributed by atoms with Crippen molar-refractivity contribution in [2.24, 2.45) is 0 Å². The van der Waals surface area contributed by atoms with E-state index in [0.717, 1.165) is 30.8 Å². The van der Waals surface area contributed by atoms with Crippen LogP contribution >= 0.6 is 0 Å². The first-order valence-corrected chi connectivity index (χ1v) is 6.62. The zero-order valence-electron chi connectivity index (χ0n) is 11.1. The van der Waals surface area contributed by atoms with Crippen molar-refractivity contribution < 1.29 is 10.2 Å². The van der Waals surface area contributed by atoms with Crippen molar-refractivity contribution in [2.45, 2.75) is 26.3 Å². The summed E-state index contributed by atoms with van der Waals surface area (Å²) in [5, 5.41) is 20.4. The second kappa shape index (κ2) is 5.80. The molecule has 0 radical (unpaired) electrons. The van der Waals surface area contributed by atoms with Gasteiger partial charge in [0.1, 0.15) is 12.5 Å². The summed E-state index contributed by atoms with van der Waals surface area (Å²) in [6, 6.07) is 7.53. The zero-order valence-corrected chi connectivity index (χ0v) is 11.1. The second-order valence-electron chi connectivity index (χ2n) is 4.64. The third-order valence-electron chi connectivity index (χ3n) is 3.75.